The SMILES string of the molecule is CCCCN1CC=C(c2cc3cccc(OCCC)c3[nH]2)CC1. The van der Waals surface area contributed by atoms with Gasteiger partial charge in [-0.2, -0.15) is 0 Å². The zero-order valence-corrected chi connectivity index (χ0v) is 14.4. The third kappa shape index (κ3) is 3.78. The summed E-state index contributed by atoms with van der Waals surface area (Å²) in [7, 11) is 0. The lowest BCUT2D eigenvalue weighted by Crippen LogP contribution is -2.29. The largest absolute Gasteiger partial charge is 0.491 e. The van der Waals surface area contributed by atoms with Crippen LogP contribution in [0, 0.1) is 0 Å². The van der Waals surface area contributed by atoms with E-state index in [2.05, 4.69) is 54.1 Å². The minimum Gasteiger partial charge on any atom is -0.491 e. The van der Waals surface area contributed by atoms with Gasteiger partial charge in [0.15, 0.2) is 0 Å². The van der Waals surface area contributed by atoms with Crippen molar-refractivity contribution < 1.29 is 4.74 Å². The van der Waals surface area contributed by atoms with Crippen molar-refractivity contribution in [1.29, 1.82) is 0 Å². The first-order valence-corrected chi connectivity index (χ1v) is 8.98. The number of fused-ring (bicyclic) bond motifs is 1. The molecule has 2 aromatic rings. The van der Waals surface area contributed by atoms with Crippen LogP contribution >= 0.6 is 0 Å². The van der Waals surface area contributed by atoms with E-state index in [1.807, 2.05) is 0 Å². The lowest BCUT2D eigenvalue weighted by molar-refractivity contribution is 0.297. The van der Waals surface area contributed by atoms with E-state index in [1.165, 1.54) is 42.6 Å². The van der Waals surface area contributed by atoms with E-state index in [9.17, 15) is 0 Å². The van der Waals surface area contributed by atoms with Gasteiger partial charge in [-0.1, -0.05) is 38.5 Å². The van der Waals surface area contributed by atoms with Crippen molar-refractivity contribution in [2.45, 2.75) is 39.5 Å². The molecule has 0 aliphatic carbocycles. The van der Waals surface area contributed by atoms with Gasteiger partial charge >= 0.3 is 0 Å². The first-order chi connectivity index (χ1) is 11.3. The first kappa shape index (κ1) is 16.1. The summed E-state index contributed by atoms with van der Waals surface area (Å²) in [5, 5.41) is 1.24. The van der Waals surface area contributed by atoms with Gasteiger partial charge in [0.1, 0.15) is 5.75 Å². The molecule has 1 aromatic heterocycles. The van der Waals surface area contributed by atoms with E-state index < -0.39 is 0 Å². The zero-order chi connectivity index (χ0) is 16.1. The van der Waals surface area contributed by atoms with Crippen molar-refractivity contribution in [3.8, 4) is 5.75 Å². The number of aromatic nitrogens is 1. The van der Waals surface area contributed by atoms with Crippen molar-refractivity contribution in [2.24, 2.45) is 0 Å². The molecule has 0 radical (unpaired) electrons. The maximum Gasteiger partial charge on any atom is 0.143 e. The zero-order valence-electron chi connectivity index (χ0n) is 14.4. The minimum absolute atomic E-state index is 0.766. The Morgan fingerprint density at radius 2 is 2.13 bits per heavy atom. The van der Waals surface area contributed by atoms with Gasteiger partial charge in [-0.15, -0.1) is 0 Å². The Morgan fingerprint density at radius 1 is 1.22 bits per heavy atom. The van der Waals surface area contributed by atoms with E-state index in [4.69, 9.17) is 4.74 Å². The fourth-order valence-corrected chi connectivity index (χ4v) is 3.17. The molecule has 1 aromatic carbocycles. The molecule has 0 spiro atoms. The van der Waals surface area contributed by atoms with Crippen LogP contribution in [-0.4, -0.2) is 36.1 Å². The van der Waals surface area contributed by atoms with Gasteiger partial charge in [-0.05, 0) is 43.5 Å². The van der Waals surface area contributed by atoms with Gasteiger partial charge in [0.2, 0.25) is 0 Å². The molecule has 0 unspecified atom stereocenters. The third-order valence-electron chi connectivity index (χ3n) is 4.55. The van der Waals surface area contributed by atoms with Gasteiger partial charge in [-0.25, -0.2) is 0 Å². The number of rotatable bonds is 7. The molecule has 23 heavy (non-hydrogen) atoms. The smallest absolute Gasteiger partial charge is 0.143 e. The second kappa shape index (κ2) is 7.69. The van der Waals surface area contributed by atoms with Crippen molar-refractivity contribution in [1.82, 2.24) is 9.88 Å². The molecule has 0 amide bonds. The molecule has 0 bridgehead atoms. The summed E-state index contributed by atoms with van der Waals surface area (Å²) in [6.45, 7) is 8.63. The molecule has 3 heteroatoms. The first-order valence-electron chi connectivity index (χ1n) is 8.98. The number of H-pyrrole nitrogens is 1. The van der Waals surface area contributed by atoms with Crippen LogP contribution in [-0.2, 0) is 0 Å². The molecule has 0 atom stereocenters. The number of nitrogens with one attached hydrogen (secondary N) is 1. The average Bonchev–Trinajstić information content (AvgIpc) is 3.03. The summed E-state index contributed by atoms with van der Waals surface area (Å²) in [4.78, 5) is 6.14. The Bertz CT molecular complexity index is 671. The van der Waals surface area contributed by atoms with E-state index in [0.29, 0.717) is 0 Å². The summed E-state index contributed by atoms with van der Waals surface area (Å²) in [5.41, 5.74) is 3.82. The van der Waals surface area contributed by atoms with Crippen LogP contribution in [0.2, 0.25) is 0 Å². The van der Waals surface area contributed by atoms with Crippen molar-refractivity contribution >= 4 is 16.5 Å². The molecule has 0 fully saturated rings. The van der Waals surface area contributed by atoms with Crippen LogP contribution in [0.25, 0.3) is 16.5 Å². The molecule has 0 saturated heterocycles. The van der Waals surface area contributed by atoms with Crippen LogP contribution < -0.4 is 4.74 Å². The Hall–Kier alpha value is -1.74. The molecule has 1 aliphatic rings. The second-order valence-corrected chi connectivity index (χ2v) is 6.39. The molecule has 3 nitrogen and oxygen atoms in total. The van der Waals surface area contributed by atoms with Crippen LogP contribution in [0.4, 0.5) is 0 Å². The average molecular weight is 312 g/mol. The number of benzene rings is 1. The topological polar surface area (TPSA) is 28.3 Å². The third-order valence-corrected chi connectivity index (χ3v) is 4.55. The number of ether oxygens (including phenoxy) is 1. The van der Waals surface area contributed by atoms with Gasteiger partial charge in [0.05, 0.1) is 12.1 Å². The van der Waals surface area contributed by atoms with Crippen LogP contribution in [0.15, 0.2) is 30.3 Å². The Labute approximate surface area is 139 Å². The second-order valence-electron chi connectivity index (χ2n) is 6.39. The maximum atomic E-state index is 5.87. The summed E-state index contributed by atoms with van der Waals surface area (Å²) < 4.78 is 5.87. The van der Waals surface area contributed by atoms with Crippen molar-refractivity contribution in [2.75, 3.05) is 26.2 Å². The highest BCUT2D eigenvalue weighted by Gasteiger charge is 2.15. The fourth-order valence-electron chi connectivity index (χ4n) is 3.17. The highest BCUT2D eigenvalue weighted by Crippen LogP contribution is 2.30. The van der Waals surface area contributed by atoms with Gasteiger partial charge in [0.25, 0.3) is 0 Å². The van der Waals surface area contributed by atoms with Gasteiger partial charge < -0.3 is 9.72 Å². The summed E-state index contributed by atoms with van der Waals surface area (Å²) in [5.74, 6) is 0.969. The van der Waals surface area contributed by atoms with Crippen molar-refractivity contribution in [3.63, 3.8) is 0 Å². The molecule has 2 heterocycles. The predicted octanol–water partition coefficient (Wildman–Crippen LogP) is 4.85. The fraction of sp³-hybridized carbons (Fsp3) is 0.500. The predicted molar refractivity (Wildman–Crippen MR) is 98.0 cm³/mol. The number of aromatic amines is 1. The lowest BCUT2D eigenvalue weighted by Gasteiger charge is -2.25. The number of hydrogen-bond acceptors (Lipinski definition) is 2. The minimum atomic E-state index is 0.766. The van der Waals surface area contributed by atoms with E-state index in [-0.39, 0.29) is 0 Å². The highest BCUT2D eigenvalue weighted by molar-refractivity contribution is 5.89. The van der Waals surface area contributed by atoms with E-state index in [0.717, 1.165) is 37.3 Å². The van der Waals surface area contributed by atoms with E-state index in [1.54, 1.807) is 0 Å². The summed E-state index contributed by atoms with van der Waals surface area (Å²) in [6, 6.07) is 8.56. The molecular formula is C20H28N2O. The quantitative estimate of drug-likeness (QED) is 0.792. The van der Waals surface area contributed by atoms with Crippen LogP contribution in [0.3, 0.4) is 0 Å². The Balaban J connectivity index is 1.77. The number of hydrogen-bond donors (Lipinski definition) is 1. The molecule has 0 saturated carbocycles. The Kier molecular flexibility index (Phi) is 5.39. The highest BCUT2D eigenvalue weighted by atomic mass is 16.5. The van der Waals surface area contributed by atoms with Gasteiger partial charge in [-0.3, -0.25) is 4.90 Å². The van der Waals surface area contributed by atoms with Gasteiger partial charge in [0, 0.05) is 24.2 Å². The number of nitrogens with zero attached hydrogens (tertiary/aromatic N) is 1. The number of para-hydroxylation sites is 1. The summed E-state index contributed by atoms with van der Waals surface area (Å²) in [6.07, 6.45) is 7.12. The molecular weight excluding hydrogens is 284 g/mol. The summed E-state index contributed by atoms with van der Waals surface area (Å²) >= 11 is 0. The lowest BCUT2D eigenvalue weighted by atomic mass is 10.0. The van der Waals surface area contributed by atoms with Crippen LogP contribution in [0.5, 0.6) is 5.75 Å². The molecule has 1 aliphatic heterocycles. The molecule has 124 valence electrons. The van der Waals surface area contributed by atoms with Crippen molar-refractivity contribution in [3.05, 3.63) is 36.0 Å². The monoisotopic (exact) mass is 312 g/mol. The maximum absolute atomic E-state index is 5.87. The Morgan fingerprint density at radius 3 is 2.87 bits per heavy atom. The number of unbranched alkanes of at least 4 members (excludes halogenated alkanes) is 1. The molecule has 3 rings (SSSR count). The standard InChI is InChI=1S/C20H28N2O/c1-3-5-11-22-12-9-16(10-13-22)18-15-17-7-6-8-19(20(17)21-18)23-14-4-2/h6-9,15,21H,3-5,10-14H2,1-2H3. The molecule has 1 N–H and O–H groups in total. The van der Waals surface area contributed by atoms with Crippen LogP contribution in [0.1, 0.15) is 45.2 Å². The van der Waals surface area contributed by atoms with E-state index >= 15 is 0 Å². The normalized spacial score (nSPS) is 15.8.